The highest BCUT2D eigenvalue weighted by Gasteiger charge is 2.17. The minimum absolute atomic E-state index is 0.00518. The topological polar surface area (TPSA) is 102 Å². The molecule has 0 radical (unpaired) electrons. The molecule has 0 spiro atoms. The van der Waals surface area contributed by atoms with Crippen LogP contribution in [0.2, 0.25) is 0 Å². The molecule has 0 bridgehead atoms. The van der Waals surface area contributed by atoms with Crippen molar-refractivity contribution in [1.82, 2.24) is 5.32 Å². The largest absolute Gasteiger partial charge is 0.457 e. The second-order valence-electron chi connectivity index (χ2n) is 4.42. The summed E-state index contributed by atoms with van der Waals surface area (Å²) in [7, 11) is -3.77. The summed E-state index contributed by atoms with van der Waals surface area (Å²) in [6.07, 6.45) is 1.39. The number of rotatable bonds is 4. The zero-order chi connectivity index (χ0) is 15.6. The Hall–Kier alpha value is -1.64. The van der Waals surface area contributed by atoms with Gasteiger partial charge in [-0.05, 0) is 46.6 Å². The third kappa shape index (κ3) is 3.72. The Morgan fingerprint density at radius 3 is 2.67 bits per heavy atom. The molecular formula is C13H13BrN2O4S. The average Bonchev–Trinajstić information content (AvgIpc) is 2.84. The van der Waals surface area contributed by atoms with Crippen LogP contribution in [-0.4, -0.2) is 14.3 Å². The van der Waals surface area contributed by atoms with Crippen molar-refractivity contribution in [3.8, 4) is 0 Å². The van der Waals surface area contributed by atoms with Crippen molar-refractivity contribution in [2.45, 2.75) is 17.9 Å². The third-order valence-corrected chi connectivity index (χ3v) is 4.42. The Balaban J connectivity index is 2.19. The van der Waals surface area contributed by atoms with Crippen LogP contribution in [0, 0.1) is 0 Å². The lowest BCUT2D eigenvalue weighted by molar-refractivity contribution is 0.0938. The van der Waals surface area contributed by atoms with E-state index in [1.807, 2.05) is 0 Å². The summed E-state index contributed by atoms with van der Waals surface area (Å²) < 4.78 is 28.0. The molecule has 0 aliphatic rings. The van der Waals surface area contributed by atoms with Gasteiger partial charge < -0.3 is 9.73 Å². The first-order valence-corrected chi connectivity index (χ1v) is 8.29. The number of nitrogens with one attached hydrogen (secondary N) is 1. The maximum absolute atomic E-state index is 12.0. The molecule has 1 heterocycles. The lowest BCUT2D eigenvalue weighted by Gasteiger charge is -2.14. The molecule has 0 fully saturated rings. The number of carbonyl (C=O) groups is 1. The van der Waals surface area contributed by atoms with Gasteiger partial charge in [-0.25, -0.2) is 13.6 Å². The number of hydrogen-bond donors (Lipinski definition) is 2. The summed E-state index contributed by atoms with van der Waals surface area (Å²) in [5, 5.41) is 7.84. The molecule has 6 nitrogen and oxygen atoms in total. The van der Waals surface area contributed by atoms with E-state index in [2.05, 4.69) is 21.2 Å². The van der Waals surface area contributed by atoms with Crippen LogP contribution in [-0.2, 0) is 10.0 Å². The zero-order valence-corrected chi connectivity index (χ0v) is 13.4. The Bertz CT molecular complexity index is 770. The van der Waals surface area contributed by atoms with E-state index in [1.54, 1.807) is 19.1 Å². The molecule has 0 aliphatic heterocycles. The molecule has 21 heavy (non-hydrogen) atoms. The highest BCUT2D eigenvalue weighted by molar-refractivity contribution is 9.10. The second-order valence-corrected chi connectivity index (χ2v) is 6.70. The fourth-order valence-electron chi connectivity index (χ4n) is 1.77. The SMILES string of the molecule is CC(NC(=O)c1ccoc1Br)c1cccc(S(N)(=O)=O)c1. The summed E-state index contributed by atoms with van der Waals surface area (Å²) in [5.74, 6) is -0.330. The molecule has 0 saturated carbocycles. The molecule has 112 valence electrons. The number of benzene rings is 1. The Labute approximate surface area is 130 Å². The first-order chi connectivity index (χ1) is 9.79. The van der Waals surface area contributed by atoms with Crippen LogP contribution in [0.4, 0.5) is 0 Å². The number of hydrogen-bond acceptors (Lipinski definition) is 4. The van der Waals surface area contributed by atoms with Gasteiger partial charge in [-0.3, -0.25) is 4.79 Å². The van der Waals surface area contributed by atoms with Crippen molar-refractivity contribution in [2.24, 2.45) is 5.14 Å². The maximum atomic E-state index is 12.0. The Morgan fingerprint density at radius 2 is 2.10 bits per heavy atom. The number of primary sulfonamides is 1. The first kappa shape index (κ1) is 15.7. The molecule has 8 heteroatoms. The van der Waals surface area contributed by atoms with E-state index in [0.29, 0.717) is 15.8 Å². The monoisotopic (exact) mass is 372 g/mol. The molecule has 1 amide bonds. The maximum Gasteiger partial charge on any atom is 0.256 e. The smallest absolute Gasteiger partial charge is 0.256 e. The van der Waals surface area contributed by atoms with Crippen LogP contribution in [0.3, 0.4) is 0 Å². The number of carbonyl (C=O) groups excluding carboxylic acids is 1. The van der Waals surface area contributed by atoms with Crippen LogP contribution in [0.15, 0.2) is 50.6 Å². The van der Waals surface area contributed by atoms with Gasteiger partial charge in [-0.15, -0.1) is 0 Å². The normalized spacial score (nSPS) is 12.9. The summed E-state index contributed by atoms with van der Waals surface area (Å²) in [6, 6.07) is 7.27. The summed E-state index contributed by atoms with van der Waals surface area (Å²) in [4.78, 5) is 12.1. The highest BCUT2D eigenvalue weighted by Crippen LogP contribution is 2.20. The molecule has 1 atom stereocenters. The van der Waals surface area contributed by atoms with Gasteiger partial charge >= 0.3 is 0 Å². The van der Waals surface area contributed by atoms with Crippen molar-refractivity contribution in [2.75, 3.05) is 0 Å². The number of nitrogens with two attached hydrogens (primary N) is 1. The van der Waals surface area contributed by atoms with Crippen LogP contribution in [0.1, 0.15) is 28.9 Å². The van der Waals surface area contributed by atoms with Crippen molar-refractivity contribution in [3.05, 3.63) is 52.4 Å². The van der Waals surface area contributed by atoms with Crippen molar-refractivity contribution < 1.29 is 17.6 Å². The number of furan rings is 1. The predicted octanol–water partition coefficient (Wildman–Crippen LogP) is 2.18. The summed E-state index contributed by atoms with van der Waals surface area (Å²) >= 11 is 3.13. The molecule has 0 saturated heterocycles. The number of halogens is 1. The van der Waals surface area contributed by atoms with Gasteiger partial charge in [0, 0.05) is 0 Å². The van der Waals surface area contributed by atoms with Crippen molar-refractivity contribution in [3.63, 3.8) is 0 Å². The fraction of sp³-hybridized carbons (Fsp3) is 0.154. The quantitative estimate of drug-likeness (QED) is 0.858. The van der Waals surface area contributed by atoms with Crippen molar-refractivity contribution >= 4 is 31.9 Å². The van der Waals surface area contributed by atoms with E-state index in [-0.39, 0.29) is 16.8 Å². The van der Waals surface area contributed by atoms with Gasteiger partial charge in [-0.1, -0.05) is 12.1 Å². The minimum Gasteiger partial charge on any atom is -0.457 e. The van der Waals surface area contributed by atoms with Gasteiger partial charge in [0.25, 0.3) is 5.91 Å². The third-order valence-electron chi connectivity index (χ3n) is 2.90. The van der Waals surface area contributed by atoms with Gasteiger partial charge in [0.05, 0.1) is 22.8 Å². The van der Waals surface area contributed by atoms with Gasteiger partial charge in [0.2, 0.25) is 10.0 Å². The van der Waals surface area contributed by atoms with Crippen LogP contribution in [0.5, 0.6) is 0 Å². The van der Waals surface area contributed by atoms with E-state index >= 15 is 0 Å². The highest BCUT2D eigenvalue weighted by atomic mass is 79.9. The number of amides is 1. The Kier molecular flexibility index (Phi) is 4.50. The lowest BCUT2D eigenvalue weighted by atomic mass is 10.1. The van der Waals surface area contributed by atoms with Gasteiger partial charge in [0.15, 0.2) is 4.67 Å². The zero-order valence-electron chi connectivity index (χ0n) is 11.0. The molecule has 2 rings (SSSR count). The lowest BCUT2D eigenvalue weighted by Crippen LogP contribution is -2.26. The molecule has 0 aliphatic carbocycles. The van der Waals surface area contributed by atoms with Gasteiger partial charge in [-0.2, -0.15) is 0 Å². The van der Waals surface area contributed by atoms with E-state index < -0.39 is 10.0 Å². The molecule has 3 N–H and O–H groups in total. The second kappa shape index (κ2) is 6.00. The molecule has 2 aromatic rings. The Morgan fingerprint density at radius 1 is 1.38 bits per heavy atom. The molecule has 1 aromatic carbocycles. The van der Waals surface area contributed by atoms with Crippen LogP contribution >= 0.6 is 15.9 Å². The minimum atomic E-state index is -3.77. The van der Waals surface area contributed by atoms with E-state index in [9.17, 15) is 13.2 Å². The van der Waals surface area contributed by atoms with Crippen LogP contribution in [0.25, 0.3) is 0 Å². The standard InChI is InChI=1S/C13H13BrN2O4S/c1-8(16-13(17)11-5-6-20-12(11)14)9-3-2-4-10(7-9)21(15,18)19/h2-8H,1H3,(H,16,17)(H2,15,18,19). The van der Waals surface area contributed by atoms with E-state index in [4.69, 9.17) is 9.56 Å². The first-order valence-electron chi connectivity index (χ1n) is 5.95. The molecule has 1 aromatic heterocycles. The van der Waals surface area contributed by atoms with E-state index in [0.717, 1.165) is 0 Å². The molecule has 1 unspecified atom stereocenters. The van der Waals surface area contributed by atoms with E-state index in [1.165, 1.54) is 24.5 Å². The van der Waals surface area contributed by atoms with Crippen LogP contribution < -0.4 is 10.5 Å². The number of sulfonamides is 1. The average molecular weight is 373 g/mol. The summed E-state index contributed by atoms with van der Waals surface area (Å²) in [5.41, 5.74) is 0.999. The summed E-state index contributed by atoms with van der Waals surface area (Å²) in [6.45, 7) is 1.74. The molecular weight excluding hydrogens is 360 g/mol. The predicted molar refractivity (Wildman–Crippen MR) is 80.1 cm³/mol. The van der Waals surface area contributed by atoms with Gasteiger partial charge in [0.1, 0.15) is 0 Å². The fourth-order valence-corrected chi connectivity index (χ4v) is 2.76. The van der Waals surface area contributed by atoms with Crippen molar-refractivity contribution in [1.29, 1.82) is 0 Å².